The van der Waals surface area contributed by atoms with E-state index in [1.54, 1.807) is 11.6 Å². The lowest BCUT2D eigenvalue weighted by Gasteiger charge is -2.05. The summed E-state index contributed by atoms with van der Waals surface area (Å²) in [5.41, 5.74) is 6.57. The second-order valence-electron chi connectivity index (χ2n) is 4.36. The topological polar surface area (TPSA) is 41.6 Å². The summed E-state index contributed by atoms with van der Waals surface area (Å²) in [6, 6.07) is 3.32. The number of fused-ring (bicyclic) bond motifs is 1. The fourth-order valence-corrected chi connectivity index (χ4v) is 3.09. The van der Waals surface area contributed by atoms with Crippen LogP contribution in [0.25, 0.3) is 21.3 Å². The maximum absolute atomic E-state index is 13.8. The van der Waals surface area contributed by atoms with E-state index >= 15 is 0 Å². The number of H-pyrrole nitrogens is 1. The number of halogens is 1. The predicted octanol–water partition coefficient (Wildman–Crippen LogP) is 3.95. The Morgan fingerprint density at radius 2 is 2.11 bits per heavy atom. The van der Waals surface area contributed by atoms with Gasteiger partial charge in [-0.3, -0.25) is 5.10 Å². The van der Waals surface area contributed by atoms with Gasteiger partial charge in [0.15, 0.2) is 0 Å². The number of aromatic nitrogens is 3. The molecule has 1 aromatic carbocycles. The molecule has 1 N–H and O–H groups in total. The summed E-state index contributed by atoms with van der Waals surface area (Å²) < 4.78 is 14.4. The van der Waals surface area contributed by atoms with Crippen LogP contribution >= 0.6 is 11.3 Å². The van der Waals surface area contributed by atoms with Crippen LogP contribution in [0.2, 0.25) is 0 Å². The minimum absolute atomic E-state index is 0.208. The minimum atomic E-state index is -0.208. The third kappa shape index (κ3) is 1.85. The first-order chi connectivity index (χ1) is 9.26. The van der Waals surface area contributed by atoms with Crippen LogP contribution in [0.1, 0.15) is 25.2 Å². The number of nitrogens with one attached hydrogen (secondary N) is 1. The molecule has 2 heterocycles. The fraction of sp³-hybridized carbons (Fsp3) is 0.286. The van der Waals surface area contributed by atoms with Gasteiger partial charge in [-0.25, -0.2) is 9.37 Å². The van der Waals surface area contributed by atoms with Crippen molar-refractivity contribution in [2.24, 2.45) is 0 Å². The molecule has 0 atom stereocenters. The van der Waals surface area contributed by atoms with Crippen molar-refractivity contribution in [3.05, 3.63) is 34.8 Å². The van der Waals surface area contributed by atoms with E-state index in [9.17, 15) is 4.39 Å². The Morgan fingerprint density at radius 1 is 1.26 bits per heavy atom. The Labute approximate surface area is 114 Å². The second kappa shape index (κ2) is 4.74. The molecule has 0 saturated carbocycles. The van der Waals surface area contributed by atoms with Crippen molar-refractivity contribution < 1.29 is 4.39 Å². The molecule has 98 valence electrons. The number of aromatic amines is 1. The second-order valence-corrected chi connectivity index (χ2v) is 5.21. The monoisotopic (exact) mass is 275 g/mol. The number of benzene rings is 1. The number of aryl methyl sites for hydroxylation is 2. The molecule has 3 rings (SSSR count). The normalized spacial score (nSPS) is 11.3. The van der Waals surface area contributed by atoms with Crippen LogP contribution < -0.4 is 0 Å². The number of thiazole rings is 1. The quantitative estimate of drug-likeness (QED) is 0.786. The molecule has 0 radical (unpaired) electrons. The van der Waals surface area contributed by atoms with Crippen molar-refractivity contribution in [3.63, 3.8) is 0 Å². The van der Waals surface area contributed by atoms with Gasteiger partial charge in [-0.1, -0.05) is 13.8 Å². The molecular formula is C14H14FN3S. The number of nitrogens with zero attached hydrogens (tertiary/aromatic N) is 2. The van der Waals surface area contributed by atoms with E-state index in [4.69, 9.17) is 0 Å². The number of hydrogen-bond acceptors (Lipinski definition) is 3. The molecule has 0 saturated heterocycles. The van der Waals surface area contributed by atoms with Gasteiger partial charge >= 0.3 is 0 Å². The van der Waals surface area contributed by atoms with Crippen molar-refractivity contribution in [1.82, 2.24) is 15.2 Å². The smallest absolute Gasteiger partial charge is 0.142 e. The summed E-state index contributed by atoms with van der Waals surface area (Å²) in [6.45, 7) is 4.15. The van der Waals surface area contributed by atoms with Gasteiger partial charge in [0.2, 0.25) is 0 Å². The zero-order valence-electron chi connectivity index (χ0n) is 10.8. The molecule has 3 nitrogen and oxygen atoms in total. The van der Waals surface area contributed by atoms with Crippen LogP contribution in [0.3, 0.4) is 0 Å². The van der Waals surface area contributed by atoms with E-state index in [-0.39, 0.29) is 5.82 Å². The van der Waals surface area contributed by atoms with Crippen LogP contribution in [-0.4, -0.2) is 15.2 Å². The molecule has 0 unspecified atom stereocenters. The molecule has 0 aliphatic rings. The zero-order chi connectivity index (χ0) is 13.4. The predicted molar refractivity (Wildman–Crippen MR) is 75.9 cm³/mol. The van der Waals surface area contributed by atoms with E-state index in [2.05, 4.69) is 29.0 Å². The summed E-state index contributed by atoms with van der Waals surface area (Å²) >= 11 is 1.34. The lowest BCUT2D eigenvalue weighted by Crippen LogP contribution is -1.90. The first-order valence-corrected chi connectivity index (χ1v) is 7.22. The molecule has 0 spiro atoms. The van der Waals surface area contributed by atoms with E-state index < -0.39 is 0 Å². The van der Waals surface area contributed by atoms with Crippen LogP contribution in [0, 0.1) is 5.82 Å². The largest absolute Gasteiger partial charge is 0.282 e. The lowest BCUT2D eigenvalue weighted by molar-refractivity contribution is 0.641. The van der Waals surface area contributed by atoms with Crippen molar-refractivity contribution in [2.75, 3.05) is 0 Å². The van der Waals surface area contributed by atoms with Crippen LogP contribution in [-0.2, 0) is 12.8 Å². The number of rotatable bonds is 3. The minimum Gasteiger partial charge on any atom is -0.282 e. The average Bonchev–Trinajstić information content (AvgIpc) is 3.05. The van der Waals surface area contributed by atoms with E-state index in [0.29, 0.717) is 4.70 Å². The summed E-state index contributed by atoms with van der Waals surface area (Å²) in [5, 5.41) is 7.43. The van der Waals surface area contributed by atoms with Gasteiger partial charge in [0.1, 0.15) is 5.82 Å². The highest BCUT2D eigenvalue weighted by atomic mass is 32.1. The van der Waals surface area contributed by atoms with E-state index in [1.165, 1.54) is 17.4 Å². The Bertz CT molecular complexity index is 708. The first kappa shape index (κ1) is 12.3. The molecule has 0 fully saturated rings. The fourth-order valence-electron chi connectivity index (χ4n) is 2.37. The van der Waals surface area contributed by atoms with Gasteiger partial charge in [0.05, 0.1) is 21.4 Å². The van der Waals surface area contributed by atoms with Crippen LogP contribution in [0.4, 0.5) is 4.39 Å². The molecule has 0 aliphatic heterocycles. The van der Waals surface area contributed by atoms with Gasteiger partial charge in [-0.05, 0) is 25.0 Å². The molecule has 19 heavy (non-hydrogen) atoms. The Hall–Kier alpha value is -1.75. The van der Waals surface area contributed by atoms with E-state index in [0.717, 1.165) is 40.9 Å². The summed E-state index contributed by atoms with van der Waals surface area (Å²) in [6.07, 6.45) is 1.71. The molecule has 0 amide bonds. The van der Waals surface area contributed by atoms with Gasteiger partial charge in [0, 0.05) is 16.8 Å². The maximum Gasteiger partial charge on any atom is 0.142 e. The molecular weight excluding hydrogens is 261 g/mol. The third-order valence-electron chi connectivity index (χ3n) is 3.31. The van der Waals surface area contributed by atoms with Gasteiger partial charge < -0.3 is 0 Å². The SMILES string of the molecule is CCc1n[nH]c(CC)c1-c1ccc(F)c2scnc12. The highest BCUT2D eigenvalue weighted by Gasteiger charge is 2.17. The summed E-state index contributed by atoms with van der Waals surface area (Å²) in [4.78, 5) is 4.32. The number of hydrogen-bond donors (Lipinski definition) is 1. The Kier molecular flexibility index (Phi) is 3.06. The lowest BCUT2D eigenvalue weighted by atomic mass is 9.99. The summed E-state index contributed by atoms with van der Waals surface area (Å²) in [5.74, 6) is -0.208. The molecule has 0 bridgehead atoms. The molecule has 0 aliphatic carbocycles. The van der Waals surface area contributed by atoms with Crippen LogP contribution in [0.5, 0.6) is 0 Å². The van der Waals surface area contributed by atoms with Gasteiger partial charge in [-0.2, -0.15) is 5.10 Å². The van der Waals surface area contributed by atoms with Crippen molar-refractivity contribution >= 4 is 21.6 Å². The standard InChI is InChI=1S/C14H14FN3S/c1-3-10-12(11(4-2)18-17-10)8-5-6-9(15)14-13(8)16-7-19-14/h5-7H,3-4H2,1-2H3,(H,17,18). The maximum atomic E-state index is 13.8. The highest BCUT2D eigenvalue weighted by Crippen LogP contribution is 2.35. The third-order valence-corrected chi connectivity index (χ3v) is 4.14. The zero-order valence-corrected chi connectivity index (χ0v) is 11.6. The molecule has 3 aromatic rings. The van der Waals surface area contributed by atoms with Crippen LogP contribution in [0.15, 0.2) is 17.6 Å². The Balaban J connectivity index is 2.33. The Morgan fingerprint density at radius 3 is 2.84 bits per heavy atom. The molecule has 5 heteroatoms. The summed E-state index contributed by atoms with van der Waals surface area (Å²) in [7, 11) is 0. The van der Waals surface area contributed by atoms with Gasteiger partial charge in [-0.15, -0.1) is 11.3 Å². The van der Waals surface area contributed by atoms with Crippen molar-refractivity contribution in [3.8, 4) is 11.1 Å². The first-order valence-electron chi connectivity index (χ1n) is 6.34. The van der Waals surface area contributed by atoms with Crippen molar-refractivity contribution in [1.29, 1.82) is 0 Å². The average molecular weight is 275 g/mol. The van der Waals surface area contributed by atoms with E-state index in [1.807, 2.05) is 0 Å². The van der Waals surface area contributed by atoms with Crippen molar-refractivity contribution in [2.45, 2.75) is 26.7 Å². The van der Waals surface area contributed by atoms with Gasteiger partial charge in [0.25, 0.3) is 0 Å². The highest BCUT2D eigenvalue weighted by molar-refractivity contribution is 7.16. The molecule has 2 aromatic heterocycles.